The Morgan fingerprint density at radius 1 is 1.05 bits per heavy atom. The standard InChI is InChI=1S/C17H21N3/c1-3-20(4-2)12-11-18-17-14-9-5-7-13-8-6-10-15(19-17)16(13)14/h5-10H,3-4,11-12H2,1-2H3,(H,18,19). The molecule has 1 heterocycles. The van der Waals surface area contributed by atoms with E-state index in [1.165, 1.54) is 22.0 Å². The van der Waals surface area contributed by atoms with Crippen molar-refractivity contribution in [1.82, 2.24) is 4.90 Å². The van der Waals surface area contributed by atoms with Crippen LogP contribution >= 0.6 is 0 Å². The Labute approximate surface area is 120 Å². The zero-order valence-corrected chi connectivity index (χ0v) is 12.2. The van der Waals surface area contributed by atoms with E-state index in [2.05, 4.69) is 60.5 Å². The summed E-state index contributed by atoms with van der Waals surface area (Å²) in [6.45, 7) is 8.43. The average molecular weight is 267 g/mol. The molecule has 0 amide bonds. The fourth-order valence-corrected chi connectivity index (χ4v) is 2.81. The van der Waals surface area contributed by atoms with E-state index in [0.29, 0.717) is 0 Å². The molecule has 0 saturated heterocycles. The van der Waals surface area contributed by atoms with E-state index in [-0.39, 0.29) is 0 Å². The summed E-state index contributed by atoms with van der Waals surface area (Å²) in [7, 11) is 0. The third kappa shape index (κ3) is 2.29. The molecule has 0 fully saturated rings. The Balaban J connectivity index is 1.83. The number of hydrogen-bond donors (Lipinski definition) is 1. The van der Waals surface area contributed by atoms with Gasteiger partial charge in [0.1, 0.15) is 5.84 Å². The van der Waals surface area contributed by atoms with Crippen LogP contribution in [-0.2, 0) is 0 Å². The summed E-state index contributed by atoms with van der Waals surface area (Å²) in [6.07, 6.45) is 0. The number of nitrogens with zero attached hydrogens (tertiary/aromatic N) is 2. The lowest BCUT2D eigenvalue weighted by Crippen LogP contribution is -2.26. The number of nitrogens with one attached hydrogen (secondary N) is 1. The number of aliphatic imine (C=N–C) groups is 1. The second kappa shape index (κ2) is 5.63. The summed E-state index contributed by atoms with van der Waals surface area (Å²) in [5.74, 6) is 1.02. The number of anilines is 1. The van der Waals surface area contributed by atoms with Gasteiger partial charge in [-0.3, -0.25) is 4.99 Å². The lowest BCUT2D eigenvalue weighted by molar-refractivity contribution is 0.313. The molecule has 3 nitrogen and oxygen atoms in total. The second-order valence-electron chi connectivity index (χ2n) is 5.09. The van der Waals surface area contributed by atoms with Crippen molar-refractivity contribution in [1.29, 1.82) is 0 Å². The third-order valence-corrected chi connectivity index (χ3v) is 3.99. The Bertz CT molecular complexity index is 636. The number of rotatable bonds is 5. The average Bonchev–Trinajstić information content (AvgIpc) is 2.85. The highest BCUT2D eigenvalue weighted by Crippen LogP contribution is 2.32. The maximum Gasteiger partial charge on any atom is 0.133 e. The highest BCUT2D eigenvalue weighted by molar-refractivity contribution is 6.25. The molecule has 0 bridgehead atoms. The molecule has 0 atom stereocenters. The van der Waals surface area contributed by atoms with Gasteiger partial charge in [0.25, 0.3) is 0 Å². The zero-order chi connectivity index (χ0) is 13.9. The van der Waals surface area contributed by atoms with Gasteiger partial charge in [-0.05, 0) is 24.5 Å². The van der Waals surface area contributed by atoms with Crippen LogP contribution in [0.3, 0.4) is 0 Å². The minimum Gasteiger partial charge on any atom is -0.339 e. The maximum atomic E-state index is 4.76. The molecular formula is C17H21N3. The van der Waals surface area contributed by atoms with Gasteiger partial charge in [0, 0.05) is 23.2 Å². The summed E-state index contributed by atoms with van der Waals surface area (Å²) in [4.78, 5) is 7.16. The smallest absolute Gasteiger partial charge is 0.133 e. The van der Waals surface area contributed by atoms with E-state index in [0.717, 1.165) is 32.0 Å². The summed E-state index contributed by atoms with van der Waals surface area (Å²) in [5, 5.41) is 6.03. The van der Waals surface area contributed by atoms with Crippen molar-refractivity contribution in [3.63, 3.8) is 0 Å². The minimum atomic E-state index is 0.842. The quantitative estimate of drug-likeness (QED) is 0.899. The van der Waals surface area contributed by atoms with Crippen molar-refractivity contribution in [2.24, 2.45) is 4.99 Å². The molecule has 0 aromatic heterocycles. The Morgan fingerprint density at radius 2 is 1.80 bits per heavy atom. The van der Waals surface area contributed by atoms with Crippen LogP contribution in [0.25, 0.3) is 10.8 Å². The molecule has 2 aromatic rings. The highest BCUT2D eigenvalue weighted by Gasteiger charge is 2.18. The molecule has 3 rings (SSSR count). The number of likely N-dealkylation sites (N-methyl/N-ethyl adjacent to an activating group) is 1. The molecular weight excluding hydrogens is 246 g/mol. The number of amidine groups is 1. The second-order valence-corrected chi connectivity index (χ2v) is 5.09. The van der Waals surface area contributed by atoms with E-state index in [9.17, 15) is 0 Å². The first kappa shape index (κ1) is 13.1. The summed E-state index contributed by atoms with van der Waals surface area (Å²) < 4.78 is 0. The van der Waals surface area contributed by atoms with Crippen molar-refractivity contribution >= 4 is 22.3 Å². The maximum absolute atomic E-state index is 4.76. The summed E-state index contributed by atoms with van der Waals surface area (Å²) in [6, 6.07) is 12.8. The molecule has 1 N–H and O–H groups in total. The van der Waals surface area contributed by atoms with Gasteiger partial charge in [-0.15, -0.1) is 0 Å². The van der Waals surface area contributed by atoms with Gasteiger partial charge < -0.3 is 10.2 Å². The molecule has 0 saturated carbocycles. The molecule has 1 aliphatic rings. The van der Waals surface area contributed by atoms with Gasteiger partial charge in [0.05, 0.1) is 6.54 Å². The largest absolute Gasteiger partial charge is 0.339 e. The Hall–Kier alpha value is -1.87. The van der Waals surface area contributed by atoms with Gasteiger partial charge in [0.15, 0.2) is 0 Å². The van der Waals surface area contributed by atoms with Crippen LogP contribution in [-0.4, -0.2) is 36.9 Å². The topological polar surface area (TPSA) is 27.6 Å². The van der Waals surface area contributed by atoms with Crippen molar-refractivity contribution in [3.05, 3.63) is 42.0 Å². The van der Waals surface area contributed by atoms with Crippen molar-refractivity contribution < 1.29 is 0 Å². The molecule has 0 aliphatic carbocycles. The predicted molar refractivity (Wildman–Crippen MR) is 86.8 cm³/mol. The normalized spacial score (nSPS) is 15.2. The van der Waals surface area contributed by atoms with Gasteiger partial charge in [-0.2, -0.15) is 0 Å². The van der Waals surface area contributed by atoms with Gasteiger partial charge >= 0.3 is 0 Å². The zero-order valence-electron chi connectivity index (χ0n) is 12.2. The van der Waals surface area contributed by atoms with E-state index >= 15 is 0 Å². The van der Waals surface area contributed by atoms with Crippen LogP contribution in [0.15, 0.2) is 41.4 Å². The van der Waals surface area contributed by atoms with Crippen molar-refractivity contribution in [2.45, 2.75) is 13.8 Å². The van der Waals surface area contributed by atoms with Gasteiger partial charge in [-0.25, -0.2) is 0 Å². The fourth-order valence-electron chi connectivity index (χ4n) is 2.81. The van der Waals surface area contributed by atoms with Crippen LogP contribution in [0.4, 0.5) is 5.69 Å². The summed E-state index contributed by atoms with van der Waals surface area (Å²) in [5.41, 5.74) is 2.41. The molecule has 0 radical (unpaired) electrons. The van der Waals surface area contributed by atoms with Gasteiger partial charge in [-0.1, -0.05) is 44.2 Å². The van der Waals surface area contributed by atoms with Crippen LogP contribution in [0.2, 0.25) is 0 Å². The molecule has 1 aliphatic heterocycles. The molecule has 20 heavy (non-hydrogen) atoms. The first-order valence-corrected chi connectivity index (χ1v) is 7.39. The molecule has 2 aromatic carbocycles. The highest BCUT2D eigenvalue weighted by atomic mass is 15.1. The van der Waals surface area contributed by atoms with E-state index in [1.54, 1.807) is 0 Å². The molecule has 0 spiro atoms. The summed E-state index contributed by atoms with van der Waals surface area (Å²) >= 11 is 0. The van der Waals surface area contributed by atoms with Crippen LogP contribution in [0.1, 0.15) is 19.4 Å². The van der Waals surface area contributed by atoms with Crippen LogP contribution in [0.5, 0.6) is 0 Å². The SMILES string of the molecule is CCN(CC)CCN=C1Nc2cccc3cccc1c23. The Kier molecular flexibility index (Phi) is 3.70. The van der Waals surface area contributed by atoms with Crippen molar-refractivity contribution in [3.8, 4) is 0 Å². The third-order valence-electron chi connectivity index (χ3n) is 3.99. The van der Waals surface area contributed by atoms with E-state index in [4.69, 9.17) is 4.99 Å². The lowest BCUT2D eigenvalue weighted by Gasteiger charge is -2.16. The van der Waals surface area contributed by atoms with Crippen LogP contribution in [0, 0.1) is 0 Å². The van der Waals surface area contributed by atoms with Gasteiger partial charge in [0.2, 0.25) is 0 Å². The first-order chi connectivity index (χ1) is 9.83. The number of hydrogen-bond acceptors (Lipinski definition) is 2. The van der Waals surface area contributed by atoms with E-state index < -0.39 is 0 Å². The number of benzene rings is 2. The molecule has 3 heteroatoms. The lowest BCUT2D eigenvalue weighted by atomic mass is 10.1. The Morgan fingerprint density at radius 3 is 2.55 bits per heavy atom. The minimum absolute atomic E-state index is 0.842. The monoisotopic (exact) mass is 267 g/mol. The van der Waals surface area contributed by atoms with Crippen molar-refractivity contribution in [2.75, 3.05) is 31.5 Å². The van der Waals surface area contributed by atoms with Crippen LogP contribution < -0.4 is 5.32 Å². The molecule has 104 valence electrons. The van der Waals surface area contributed by atoms with E-state index in [1.807, 2.05) is 0 Å². The molecule has 0 unspecified atom stereocenters. The fraction of sp³-hybridized carbons (Fsp3) is 0.353. The first-order valence-electron chi connectivity index (χ1n) is 7.39. The predicted octanol–water partition coefficient (Wildman–Crippen LogP) is 3.35.